The van der Waals surface area contributed by atoms with Crippen molar-refractivity contribution in [2.45, 2.75) is 57.8 Å². The molecule has 0 bridgehead atoms. The summed E-state index contributed by atoms with van der Waals surface area (Å²) in [4.78, 5) is 0. The second kappa shape index (κ2) is 4.77. The minimum Gasteiger partial charge on any atom is -0.411 e. The molecule has 0 amide bonds. The first kappa shape index (κ1) is 13.5. The predicted octanol–water partition coefficient (Wildman–Crippen LogP) is 3.98. The fourth-order valence-corrected chi connectivity index (χ4v) is 2.97. The summed E-state index contributed by atoms with van der Waals surface area (Å²) in [5.41, 5.74) is 0. The molecule has 0 N–H and O–H groups in total. The number of allylic oxidation sites excluding steroid dienone is 1. The highest BCUT2D eigenvalue weighted by Crippen LogP contribution is 2.39. The van der Waals surface area contributed by atoms with Crippen LogP contribution < -0.4 is 0 Å². The van der Waals surface area contributed by atoms with Gasteiger partial charge in [-0.3, -0.25) is 0 Å². The zero-order valence-corrected chi connectivity index (χ0v) is 12.2. The van der Waals surface area contributed by atoms with Gasteiger partial charge < -0.3 is 4.43 Å². The number of rotatable bonds is 3. The molecule has 0 unspecified atom stereocenters. The molecule has 0 aromatic carbocycles. The predicted molar refractivity (Wildman–Crippen MR) is 72.8 cm³/mol. The van der Waals surface area contributed by atoms with E-state index >= 15 is 0 Å². The van der Waals surface area contributed by atoms with Crippen molar-refractivity contribution in [3.63, 3.8) is 0 Å². The van der Waals surface area contributed by atoms with Gasteiger partial charge in [0.2, 0.25) is 0 Å². The summed E-state index contributed by atoms with van der Waals surface area (Å²) in [7, 11) is -1.63. The first-order valence-corrected chi connectivity index (χ1v) is 8.97. The molecule has 1 aliphatic carbocycles. The second-order valence-electron chi connectivity index (χ2n) is 6.21. The summed E-state index contributed by atoms with van der Waals surface area (Å²) in [6.45, 7) is 11.4. The maximum Gasteiger partial charge on any atom is 0.192 e. The first-order chi connectivity index (χ1) is 7.26. The third-order valence-electron chi connectivity index (χ3n) is 3.77. The lowest BCUT2D eigenvalue weighted by molar-refractivity contribution is 0.213. The van der Waals surface area contributed by atoms with Gasteiger partial charge in [0, 0.05) is 6.42 Å². The molecule has 1 aliphatic rings. The SMILES string of the molecule is C#CC[C@H]1C=C[C@@H](O[Si](C)(C)C(C)(C)C)C1. The van der Waals surface area contributed by atoms with Crippen molar-refractivity contribution in [3.05, 3.63) is 12.2 Å². The molecule has 0 aromatic rings. The van der Waals surface area contributed by atoms with Crippen LogP contribution in [-0.2, 0) is 4.43 Å². The third-order valence-corrected chi connectivity index (χ3v) is 8.27. The van der Waals surface area contributed by atoms with Gasteiger partial charge in [0.15, 0.2) is 8.32 Å². The number of terminal acetylenes is 1. The molecule has 2 heteroatoms. The number of hydrogen-bond acceptors (Lipinski definition) is 1. The van der Waals surface area contributed by atoms with Gasteiger partial charge in [-0.2, -0.15) is 0 Å². The molecular weight excluding hydrogens is 212 g/mol. The quantitative estimate of drug-likeness (QED) is 0.409. The highest BCUT2D eigenvalue weighted by molar-refractivity contribution is 6.74. The lowest BCUT2D eigenvalue weighted by Gasteiger charge is -2.38. The fourth-order valence-electron chi connectivity index (χ4n) is 1.68. The van der Waals surface area contributed by atoms with E-state index < -0.39 is 8.32 Å². The van der Waals surface area contributed by atoms with Gasteiger partial charge in [-0.05, 0) is 30.5 Å². The molecule has 0 heterocycles. The van der Waals surface area contributed by atoms with E-state index in [2.05, 4.69) is 51.9 Å². The third kappa shape index (κ3) is 3.23. The zero-order valence-electron chi connectivity index (χ0n) is 11.2. The van der Waals surface area contributed by atoms with E-state index in [0.29, 0.717) is 12.0 Å². The maximum absolute atomic E-state index is 6.32. The molecule has 0 spiro atoms. The summed E-state index contributed by atoms with van der Waals surface area (Å²) < 4.78 is 6.32. The summed E-state index contributed by atoms with van der Waals surface area (Å²) in [6, 6.07) is 0. The van der Waals surface area contributed by atoms with Gasteiger partial charge in [0.05, 0.1) is 6.10 Å². The minimum absolute atomic E-state index is 0.283. The second-order valence-corrected chi connectivity index (χ2v) is 11.0. The molecule has 90 valence electrons. The Balaban J connectivity index is 2.53. The topological polar surface area (TPSA) is 9.23 Å². The highest BCUT2D eigenvalue weighted by Gasteiger charge is 2.39. The maximum atomic E-state index is 6.32. The van der Waals surface area contributed by atoms with Gasteiger partial charge in [0.1, 0.15) is 0 Å². The van der Waals surface area contributed by atoms with Crippen molar-refractivity contribution >= 4 is 8.32 Å². The van der Waals surface area contributed by atoms with Crippen LogP contribution in [0.25, 0.3) is 0 Å². The van der Waals surface area contributed by atoms with Crippen molar-refractivity contribution in [3.8, 4) is 12.3 Å². The Hall–Kier alpha value is -0.523. The summed E-state index contributed by atoms with van der Waals surface area (Å²) >= 11 is 0. The minimum atomic E-state index is -1.63. The average molecular weight is 236 g/mol. The molecule has 2 atom stereocenters. The lowest BCUT2D eigenvalue weighted by Crippen LogP contribution is -2.43. The smallest absolute Gasteiger partial charge is 0.192 e. The van der Waals surface area contributed by atoms with E-state index in [0.717, 1.165) is 12.8 Å². The molecule has 0 radical (unpaired) electrons. The standard InChI is InChI=1S/C14H24OSi/c1-7-8-12-9-10-13(11-12)15-16(5,6)14(2,3)4/h1,9-10,12-13H,8,11H2,2-6H3/t12-,13+/m0/s1. The molecule has 0 saturated carbocycles. The van der Waals surface area contributed by atoms with Gasteiger partial charge >= 0.3 is 0 Å². The van der Waals surface area contributed by atoms with Crippen LogP contribution in [0.5, 0.6) is 0 Å². The van der Waals surface area contributed by atoms with Gasteiger partial charge in [-0.1, -0.05) is 32.9 Å². The molecule has 1 rings (SSSR count). The van der Waals surface area contributed by atoms with Crippen LogP contribution in [0.2, 0.25) is 18.1 Å². The lowest BCUT2D eigenvalue weighted by atomic mass is 10.1. The van der Waals surface area contributed by atoms with Crippen molar-refractivity contribution in [2.75, 3.05) is 0 Å². The van der Waals surface area contributed by atoms with E-state index in [1.165, 1.54) is 0 Å². The highest BCUT2D eigenvalue weighted by atomic mass is 28.4. The largest absolute Gasteiger partial charge is 0.411 e. The average Bonchev–Trinajstić information content (AvgIpc) is 2.50. The van der Waals surface area contributed by atoms with E-state index in [1.54, 1.807) is 0 Å². The molecule has 0 fully saturated rings. The molecular formula is C14H24OSi. The van der Waals surface area contributed by atoms with Crippen LogP contribution in [0.4, 0.5) is 0 Å². The molecule has 16 heavy (non-hydrogen) atoms. The van der Waals surface area contributed by atoms with Crippen LogP contribution in [0.3, 0.4) is 0 Å². The Morgan fingerprint density at radius 2 is 2.00 bits per heavy atom. The Morgan fingerprint density at radius 1 is 1.38 bits per heavy atom. The van der Waals surface area contributed by atoms with E-state index in [-0.39, 0.29) is 5.04 Å². The molecule has 0 aromatic heterocycles. The van der Waals surface area contributed by atoms with Gasteiger partial charge in [-0.25, -0.2) is 0 Å². The van der Waals surface area contributed by atoms with Crippen molar-refractivity contribution in [2.24, 2.45) is 5.92 Å². The van der Waals surface area contributed by atoms with Crippen LogP contribution in [0.15, 0.2) is 12.2 Å². The van der Waals surface area contributed by atoms with Crippen LogP contribution in [0, 0.1) is 18.3 Å². The normalized spacial score (nSPS) is 25.8. The van der Waals surface area contributed by atoms with Crippen LogP contribution >= 0.6 is 0 Å². The van der Waals surface area contributed by atoms with Crippen molar-refractivity contribution in [1.29, 1.82) is 0 Å². The number of hydrogen-bond donors (Lipinski definition) is 0. The Labute approximate surface area is 101 Å². The van der Waals surface area contributed by atoms with E-state index in [1.807, 2.05) is 0 Å². The van der Waals surface area contributed by atoms with Crippen molar-refractivity contribution < 1.29 is 4.43 Å². The zero-order chi connectivity index (χ0) is 12.4. The monoisotopic (exact) mass is 236 g/mol. The fraction of sp³-hybridized carbons (Fsp3) is 0.714. The Kier molecular flexibility index (Phi) is 4.04. The van der Waals surface area contributed by atoms with Crippen molar-refractivity contribution in [1.82, 2.24) is 0 Å². The Bertz CT molecular complexity index is 304. The van der Waals surface area contributed by atoms with Gasteiger partial charge in [-0.15, -0.1) is 12.3 Å². The molecule has 1 nitrogen and oxygen atoms in total. The van der Waals surface area contributed by atoms with Crippen LogP contribution in [0.1, 0.15) is 33.6 Å². The molecule has 0 saturated heterocycles. The summed E-state index contributed by atoms with van der Waals surface area (Å²) in [5, 5.41) is 0.283. The van der Waals surface area contributed by atoms with Crippen LogP contribution in [-0.4, -0.2) is 14.4 Å². The van der Waals surface area contributed by atoms with E-state index in [4.69, 9.17) is 10.8 Å². The summed E-state index contributed by atoms with van der Waals surface area (Å²) in [5.74, 6) is 3.26. The van der Waals surface area contributed by atoms with Gasteiger partial charge in [0.25, 0.3) is 0 Å². The summed E-state index contributed by atoms with van der Waals surface area (Å²) in [6.07, 6.45) is 11.9. The Morgan fingerprint density at radius 3 is 2.50 bits per heavy atom. The first-order valence-electron chi connectivity index (χ1n) is 6.06. The van der Waals surface area contributed by atoms with E-state index in [9.17, 15) is 0 Å². The molecule has 0 aliphatic heterocycles.